The predicted octanol–water partition coefficient (Wildman–Crippen LogP) is 2.62. The molecule has 2 aromatic rings. The number of hydrogen-bond acceptors (Lipinski definition) is 2. The van der Waals surface area contributed by atoms with Gasteiger partial charge >= 0.3 is 6.09 Å². The molecule has 17 heavy (non-hydrogen) atoms. The van der Waals surface area contributed by atoms with Crippen LogP contribution >= 0.6 is 0 Å². The van der Waals surface area contributed by atoms with Crippen molar-refractivity contribution in [2.75, 3.05) is 6.61 Å². The molecule has 2 rings (SSSR count). The standard InChI is InChI=1S/C13H12FNO2/c14-12-10(7-8-17-13(15)16)6-5-9-3-1-2-4-11(9)12/h1-6H,7-8H2,(H2,15,16). The van der Waals surface area contributed by atoms with Crippen LogP contribution in [0.5, 0.6) is 0 Å². The maximum Gasteiger partial charge on any atom is 0.404 e. The summed E-state index contributed by atoms with van der Waals surface area (Å²) in [7, 11) is 0. The first kappa shape index (κ1) is 11.4. The van der Waals surface area contributed by atoms with Crippen molar-refractivity contribution in [3.05, 3.63) is 47.8 Å². The molecular weight excluding hydrogens is 221 g/mol. The van der Waals surface area contributed by atoms with Crippen LogP contribution in [0.4, 0.5) is 9.18 Å². The molecule has 0 aromatic heterocycles. The summed E-state index contributed by atoms with van der Waals surface area (Å²) in [5.41, 5.74) is 5.35. The normalized spacial score (nSPS) is 10.4. The van der Waals surface area contributed by atoms with Gasteiger partial charge in [0.1, 0.15) is 5.82 Å². The van der Waals surface area contributed by atoms with Gasteiger partial charge in [0.05, 0.1) is 6.61 Å². The first-order chi connectivity index (χ1) is 8.18. The molecule has 0 aliphatic rings. The van der Waals surface area contributed by atoms with Gasteiger partial charge in [-0.15, -0.1) is 0 Å². The van der Waals surface area contributed by atoms with E-state index in [4.69, 9.17) is 5.73 Å². The summed E-state index contributed by atoms with van der Waals surface area (Å²) in [6.45, 7) is 0.0879. The molecule has 0 radical (unpaired) electrons. The number of primary amides is 1. The molecule has 88 valence electrons. The minimum absolute atomic E-state index is 0.0879. The lowest BCUT2D eigenvalue weighted by Gasteiger charge is -2.06. The number of carbonyl (C=O) groups is 1. The van der Waals surface area contributed by atoms with Gasteiger partial charge in [-0.1, -0.05) is 36.4 Å². The highest BCUT2D eigenvalue weighted by Crippen LogP contribution is 2.21. The van der Waals surface area contributed by atoms with Gasteiger partial charge in [0.25, 0.3) is 0 Å². The third-order valence-corrected chi connectivity index (χ3v) is 2.56. The van der Waals surface area contributed by atoms with Crippen molar-refractivity contribution in [3.8, 4) is 0 Å². The van der Waals surface area contributed by atoms with Crippen molar-refractivity contribution in [1.29, 1.82) is 0 Å². The second-order valence-corrected chi connectivity index (χ2v) is 3.68. The zero-order valence-electron chi connectivity index (χ0n) is 9.15. The molecule has 4 heteroatoms. The van der Waals surface area contributed by atoms with Crippen LogP contribution in [-0.2, 0) is 11.2 Å². The summed E-state index contributed by atoms with van der Waals surface area (Å²) in [4.78, 5) is 10.4. The molecular formula is C13H12FNO2. The Kier molecular flexibility index (Phi) is 3.23. The van der Waals surface area contributed by atoms with Gasteiger partial charge < -0.3 is 10.5 Å². The highest BCUT2D eigenvalue weighted by molar-refractivity contribution is 5.83. The summed E-state index contributed by atoms with van der Waals surface area (Å²) in [5.74, 6) is -0.267. The molecule has 0 bridgehead atoms. The lowest BCUT2D eigenvalue weighted by molar-refractivity contribution is 0.158. The summed E-state index contributed by atoms with van der Waals surface area (Å²) < 4.78 is 18.6. The van der Waals surface area contributed by atoms with Crippen LogP contribution in [0.3, 0.4) is 0 Å². The van der Waals surface area contributed by atoms with Gasteiger partial charge in [0, 0.05) is 11.8 Å². The lowest BCUT2D eigenvalue weighted by atomic mass is 10.0. The van der Waals surface area contributed by atoms with E-state index in [-0.39, 0.29) is 12.4 Å². The monoisotopic (exact) mass is 233 g/mol. The van der Waals surface area contributed by atoms with Gasteiger partial charge in [0.15, 0.2) is 0 Å². The SMILES string of the molecule is NC(=O)OCCc1ccc2ccccc2c1F. The molecule has 0 heterocycles. The Morgan fingerprint density at radius 2 is 2.00 bits per heavy atom. The van der Waals surface area contributed by atoms with Gasteiger partial charge in [0.2, 0.25) is 0 Å². The number of nitrogens with two attached hydrogens (primary N) is 1. The van der Waals surface area contributed by atoms with Crippen LogP contribution in [0, 0.1) is 5.82 Å². The summed E-state index contributed by atoms with van der Waals surface area (Å²) >= 11 is 0. The zero-order chi connectivity index (χ0) is 12.3. The summed E-state index contributed by atoms with van der Waals surface area (Å²) in [6, 6.07) is 10.8. The number of hydrogen-bond donors (Lipinski definition) is 1. The average Bonchev–Trinajstić information content (AvgIpc) is 2.32. The van der Waals surface area contributed by atoms with Crippen LogP contribution in [0.1, 0.15) is 5.56 Å². The minimum atomic E-state index is -0.841. The Morgan fingerprint density at radius 1 is 1.24 bits per heavy atom. The molecule has 0 aliphatic heterocycles. The molecule has 0 saturated heterocycles. The molecule has 1 amide bonds. The summed E-state index contributed by atoms with van der Waals surface area (Å²) in [5, 5.41) is 1.42. The van der Waals surface area contributed by atoms with Gasteiger partial charge in [-0.3, -0.25) is 0 Å². The molecule has 3 nitrogen and oxygen atoms in total. The van der Waals surface area contributed by atoms with E-state index in [0.717, 1.165) is 5.39 Å². The van der Waals surface area contributed by atoms with Crippen molar-refractivity contribution in [2.45, 2.75) is 6.42 Å². The van der Waals surface area contributed by atoms with Crippen molar-refractivity contribution >= 4 is 16.9 Å². The number of carbonyl (C=O) groups excluding carboxylic acids is 1. The van der Waals surface area contributed by atoms with E-state index in [9.17, 15) is 9.18 Å². The molecule has 0 spiro atoms. The number of fused-ring (bicyclic) bond motifs is 1. The minimum Gasteiger partial charge on any atom is -0.449 e. The first-order valence-corrected chi connectivity index (χ1v) is 5.27. The highest BCUT2D eigenvalue weighted by Gasteiger charge is 2.07. The van der Waals surface area contributed by atoms with Gasteiger partial charge in [-0.2, -0.15) is 0 Å². The van der Waals surface area contributed by atoms with Crippen molar-refractivity contribution in [2.24, 2.45) is 5.73 Å². The van der Waals surface area contributed by atoms with Crippen LogP contribution < -0.4 is 5.73 Å². The highest BCUT2D eigenvalue weighted by atomic mass is 19.1. The van der Waals surface area contributed by atoms with Crippen molar-refractivity contribution < 1.29 is 13.9 Å². The Labute approximate surface area is 98.0 Å². The fourth-order valence-corrected chi connectivity index (χ4v) is 1.73. The largest absolute Gasteiger partial charge is 0.449 e. The Morgan fingerprint density at radius 3 is 2.76 bits per heavy atom. The van der Waals surface area contributed by atoms with E-state index >= 15 is 0 Å². The third kappa shape index (κ3) is 2.53. The third-order valence-electron chi connectivity index (χ3n) is 2.56. The van der Waals surface area contributed by atoms with E-state index in [1.807, 2.05) is 18.2 Å². The topological polar surface area (TPSA) is 52.3 Å². The van der Waals surface area contributed by atoms with E-state index in [2.05, 4.69) is 4.74 Å². The molecule has 0 fully saturated rings. The van der Waals surface area contributed by atoms with Crippen molar-refractivity contribution in [3.63, 3.8) is 0 Å². The van der Waals surface area contributed by atoms with E-state index in [0.29, 0.717) is 17.4 Å². The summed E-state index contributed by atoms with van der Waals surface area (Å²) in [6.07, 6.45) is -0.522. The number of amides is 1. The molecule has 2 N–H and O–H groups in total. The first-order valence-electron chi connectivity index (χ1n) is 5.27. The number of ether oxygens (including phenoxy) is 1. The average molecular weight is 233 g/mol. The molecule has 0 unspecified atom stereocenters. The lowest BCUT2D eigenvalue weighted by Crippen LogP contribution is -2.15. The molecule has 0 atom stereocenters. The van der Waals surface area contributed by atoms with Crippen molar-refractivity contribution in [1.82, 2.24) is 0 Å². The van der Waals surface area contributed by atoms with Gasteiger partial charge in [-0.05, 0) is 10.9 Å². The predicted molar refractivity (Wildman–Crippen MR) is 63.1 cm³/mol. The fourth-order valence-electron chi connectivity index (χ4n) is 1.73. The van der Waals surface area contributed by atoms with E-state index in [1.54, 1.807) is 18.2 Å². The van der Waals surface area contributed by atoms with Crippen LogP contribution in [0.15, 0.2) is 36.4 Å². The maximum absolute atomic E-state index is 14.0. The van der Waals surface area contributed by atoms with E-state index in [1.165, 1.54) is 0 Å². The molecule has 0 aliphatic carbocycles. The second-order valence-electron chi connectivity index (χ2n) is 3.68. The number of rotatable bonds is 3. The zero-order valence-corrected chi connectivity index (χ0v) is 9.15. The van der Waals surface area contributed by atoms with E-state index < -0.39 is 6.09 Å². The second kappa shape index (κ2) is 4.82. The molecule has 0 saturated carbocycles. The quantitative estimate of drug-likeness (QED) is 0.885. The Bertz CT molecular complexity index is 554. The fraction of sp³-hybridized carbons (Fsp3) is 0.154. The van der Waals surface area contributed by atoms with Crippen LogP contribution in [0.25, 0.3) is 10.8 Å². The molecule has 2 aromatic carbocycles. The van der Waals surface area contributed by atoms with Crippen LogP contribution in [0.2, 0.25) is 0 Å². The maximum atomic E-state index is 14.0. The number of halogens is 1. The van der Waals surface area contributed by atoms with Crippen LogP contribution in [-0.4, -0.2) is 12.7 Å². The number of benzene rings is 2. The smallest absolute Gasteiger partial charge is 0.404 e. The Balaban J connectivity index is 2.23. The Hall–Kier alpha value is -2.10. The van der Waals surface area contributed by atoms with Gasteiger partial charge in [-0.25, -0.2) is 9.18 Å².